The van der Waals surface area contributed by atoms with Gasteiger partial charge in [-0.15, -0.1) is 0 Å². The number of carbonyl (C=O) groups is 1. The summed E-state index contributed by atoms with van der Waals surface area (Å²) in [6.45, 7) is 2.62. The van der Waals surface area contributed by atoms with Crippen LogP contribution in [0.25, 0.3) is 16.8 Å². The Hall–Kier alpha value is -3.29. The number of aromatic nitrogens is 3. The molecule has 8 heteroatoms. The highest BCUT2D eigenvalue weighted by atomic mass is 16.5. The first-order chi connectivity index (χ1) is 13.6. The summed E-state index contributed by atoms with van der Waals surface area (Å²) >= 11 is 0. The fourth-order valence-electron chi connectivity index (χ4n) is 3.38. The zero-order valence-corrected chi connectivity index (χ0v) is 16.0. The van der Waals surface area contributed by atoms with E-state index in [-0.39, 0.29) is 17.9 Å². The third-order valence-electron chi connectivity index (χ3n) is 4.99. The lowest BCUT2D eigenvalue weighted by molar-refractivity contribution is -0.119. The first-order valence-electron chi connectivity index (χ1n) is 9.09. The number of nitrogens with one attached hydrogen (secondary N) is 1. The number of nitrogens with zero attached hydrogens (tertiary/aromatic N) is 3. The summed E-state index contributed by atoms with van der Waals surface area (Å²) in [4.78, 5) is 16.1. The molecule has 1 amide bonds. The van der Waals surface area contributed by atoms with Gasteiger partial charge in [-0.3, -0.25) is 4.79 Å². The van der Waals surface area contributed by atoms with Crippen LogP contribution in [0.1, 0.15) is 13.3 Å². The molecule has 1 aliphatic heterocycles. The van der Waals surface area contributed by atoms with Crippen LogP contribution in [0.2, 0.25) is 0 Å². The zero-order chi connectivity index (χ0) is 19.7. The Labute approximate surface area is 162 Å². The van der Waals surface area contributed by atoms with Crippen molar-refractivity contribution < 1.29 is 19.0 Å². The number of hydrogen-bond acceptors (Lipinski definition) is 6. The predicted molar refractivity (Wildman–Crippen MR) is 103 cm³/mol. The molecule has 3 aromatic rings. The molecule has 0 saturated carbocycles. The van der Waals surface area contributed by atoms with E-state index in [1.54, 1.807) is 24.9 Å². The Morgan fingerprint density at radius 2 is 2.07 bits per heavy atom. The molecule has 2 unspecified atom stereocenters. The lowest BCUT2D eigenvalue weighted by Crippen LogP contribution is -2.25. The molecule has 4 heterocycles. The molecule has 0 aromatic carbocycles. The van der Waals surface area contributed by atoms with E-state index in [1.807, 2.05) is 37.4 Å². The Bertz CT molecular complexity index is 1020. The summed E-state index contributed by atoms with van der Waals surface area (Å²) in [5.74, 6) is 1.87. The van der Waals surface area contributed by atoms with Crippen LogP contribution in [0.4, 0.5) is 0 Å². The van der Waals surface area contributed by atoms with Gasteiger partial charge in [-0.2, -0.15) is 5.10 Å². The highest BCUT2D eigenvalue weighted by Crippen LogP contribution is 2.32. The predicted octanol–water partition coefficient (Wildman–Crippen LogP) is 2.32. The Balaban J connectivity index is 1.70. The maximum absolute atomic E-state index is 11.5. The van der Waals surface area contributed by atoms with Gasteiger partial charge in [0, 0.05) is 30.6 Å². The first-order valence-corrected chi connectivity index (χ1v) is 9.09. The molecule has 1 saturated heterocycles. The van der Waals surface area contributed by atoms with Gasteiger partial charge in [0.05, 0.1) is 26.1 Å². The lowest BCUT2D eigenvalue weighted by Gasteiger charge is -2.20. The second-order valence-corrected chi connectivity index (χ2v) is 6.75. The molecular formula is C20H22N4O4. The van der Waals surface area contributed by atoms with Crippen LogP contribution in [-0.4, -0.2) is 47.4 Å². The summed E-state index contributed by atoms with van der Waals surface area (Å²) in [5, 5.41) is 7.20. The van der Waals surface area contributed by atoms with Gasteiger partial charge >= 0.3 is 0 Å². The third kappa shape index (κ3) is 3.33. The molecule has 1 fully saturated rings. The van der Waals surface area contributed by atoms with Gasteiger partial charge in [0.15, 0.2) is 5.75 Å². The van der Waals surface area contributed by atoms with Crippen LogP contribution in [-0.2, 0) is 4.79 Å². The molecule has 1 aliphatic rings. The van der Waals surface area contributed by atoms with E-state index in [0.717, 1.165) is 11.1 Å². The Morgan fingerprint density at radius 1 is 1.21 bits per heavy atom. The summed E-state index contributed by atoms with van der Waals surface area (Å²) in [7, 11) is 3.13. The lowest BCUT2D eigenvalue weighted by atomic mass is 10.0. The van der Waals surface area contributed by atoms with Crippen molar-refractivity contribution in [1.29, 1.82) is 0 Å². The molecule has 8 nitrogen and oxygen atoms in total. The molecule has 146 valence electrons. The maximum atomic E-state index is 11.5. The highest BCUT2D eigenvalue weighted by Gasteiger charge is 2.28. The van der Waals surface area contributed by atoms with Gasteiger partial charge in [0.1, 0.15) is 17.4 Å². The van der Waals surface area contributed by atoms with Gasteiger partial charge in [-0.05, 0) is 31.2 Å². The summed E-state index contributed by atoms with van der Waals surface area (Å²) < 4.78 is 18.6. The van der Waals surface area contributed by atoms with E-state index in [9.17, 15) is 4.79 Å². The number of ether oxygens (including phenoxy) is 3. The average molecular weight is 382 g/mol. The molecule has 2 atom stereocenters. The van der Waals surface area contributed by atoms with Crippen molar-refractivity contribution in [2.24, 2.45) is 5.92 Å². The average Bonchev–Trinajstić information content (AvgIpc) is 3.36. The quantitative estimate of drug-likeness (QED) is 0.704. The Morgan fingerprint density at radius 3 is 2.79 bits per heavy atom. The summed E-state index contributed by atoms with van der Waals surface area (Å²) in [6.07, 6.45) is 3.97. The fraction of sp³-hybridized carbons (Fsp3) is 0.350. The van der Waals surface area contributed by atoms with Crippen molar-refractivity contribution in [3.8, 4) is 28.6 Å². The number of carbonyl (C=O) groups excluding carboxylic acids is 1. The van der Waals surface area contributed by atoms with Crippen molar-refractivity contribution in [3.05, 3.63) is 36.7 Å². The minimum Gasteiger partial charge on any atom is -0.491 e. The molecule has 4 rings (SSSR count). The van der Waals surface area contributed by atoms with E-state index in [4.69, 9.17) is 14.2 Å². The van der Waals surface area contributed by atoms with E-state index in [2.05, 4.69) is 15.4 Å². The van der Waals surface area contributed by atoms with Gasteiger partial charge in [0.25, 0.3) is 5.88 Å². The van der Waals surface area contributed by atoms with Crippen LogP contribution in [0.15, 0.2) is 36.7 Å². The first kappa shape index (κ1) is 18.1. The third-order valence-corrected chi connectivity index (χ3v) is 4.99. The van der Waals surface area contributed by atoms with Crippen molar-refractivity contribution in [3.63, 3.8) is 0 Å². The molecular weight excluding hydrogens is 360 g/mol. The molecule has 28 heavy (non-hydrogen) atoms. The van der Waals surface area contributed by atoms with Gasteiger partial charge < -0.3 is 19.5 Å². The topological polar surface area (TPSA) is 87.0 Å². The number of hydrogen-bond donors (Lipinski definition) is 1. The van der Waals surface area contributed by atoms with E-state index in [0.29, 0.717) is 36.0 Å². The number of rotatable bonds is 6. The fourth-order valence-corrected chi connectivity index (χ4v) is 3.38. The molecule has 0 radical (unpaired) electrons. The number of amides is 1. The van der Waals surface area contributed by atoms with Crippen LogP contribution >= 0.6 is 0 Å². The van der Waals surface area contributed by atoms with E-state index < -0.39 is 0 Å². The van der Waals surface area contributed by atoms with Crippen molar-refractivity contribution in [1.82, 2.24) is 19.9 Å². The molecule has 1 N–H and O–H groups in total. The second-order valence-electron chi connectivity index (χ2n) is 6.75. The van der Waals surface area contributed by atoms with Crippen LogP contribution < -0.4 is 19.5 Å². The zero-order valence-electron chi connectivity index (χ0n) is 16.0. The smallest absolute Gasteiger partial charge is 0.257 e. The van der Waals surface area contributed by atoms with Crippen molar-refractivity contribution in [2.45, 2.75) is 19.4 Å². The minimum atomic E-state index is -0.119. The number of methoxy groups -OCH3 is 2. The Kier molecular flexibility index (Phi) is 4.77. The molecule has 0 aliphatic carbocycles. The maximum Gasteiger partial charge on any atom is 0.257 e. The monoisotopic (exact) mass is 382 g/mol. The standard InChI is InChI=1S/C20H22N4O4/c1-12(13-9-19(25)21-10-13)28-18-8-14(11-24-16(18)6-7-22-24)15-4-5-17(26-2)20(23-15)27-3/h4-8,11-13H,9-10H2,1-3H3,(H,21,25). The molecule has 3 aromatic heterocycles. The highest BCUT2D eigenvalue weighted by molar-refractivity contribution is 5.78. The van der Waals surface area contributed by atoms with E-state index in [1.165, 1.54) is 0 Å². The van der Waals surface area contributed by atoms with E-state index >= 15 is 0 Å². The molecule has 0 spiro atoms. The number of pyridine rings is 2. The van der Waals surface area contributed by atoms with Gasteiger partial charge in [0.2, 0.25) is 5.91 Å². The summed E-state index contributed by atoms with van der Waals surface area (Å²) in [5.41, 5.74) is 2.40. The van der Waals surface area contributed by atoms with Gasteiger partial charge in [-0.1, -0.05) is 0 Å². The van der Waals surface area contributed by atoms with Crippen molar-refractivity contribution >= 4 is 11.4 Å². The summed E-state index contributed by atoms with van der Waals surface area (Å²) in [6, 6.07) is 7.50. The van der Waals surface area contributed by atoms with Gasteiger partial charge in [-0.25, -0.2) is 9.50 Å². The minimum absolute atomic E-state index is 0.0678. The number of fused-ring (bicyclic) bond motifs is 1. The molecule has 0 bridgehead atoms. The largest absolute Gasteiger partial charge is 0.491 e. The second kappa shape index (κ2) is 7.38. The van der Waals surface area contributed by atoms with Crippen LogP contribution in [0, 0.1) is 5.92 Å². The van der Waals surface area contributed by atoms with Crippen LogP contribution in [0.3, 0.4) is 0 Å². The SMILES string of the molecule is COc1ccc(-c2cc(OC(C)C3CNC(=O)C3)c3ccnn3c2)nc1OC. The normalized spacial score (nSPS) is 17.4. The van der Waals surface area contributed by atoms with Crippen molar-refractivity contribution in [2.75, 3.05) is 20.8 Å². The van der Waals surface area contributed by atoms with Crippen LogP contribution in [0.5, 0.6) is 17.4 Å².